The van der Waals surface area contributed by atoms with Gasteiger partial charge in [-0.3, -0.25) is 0 Å². The van der Waals surface area contributed by atoms with E-state index in [1.54, 1.807) is 0 Å². The molecule has 0 radical (unpaired) electrons. The number of hydrogen-bond donors (Lipinski definition) is 0. The summed E-state index contributed by atoms with van der Waals surface area (Å²) in [5.41, 5.74) is 0. The van der Waals surface area contributed by atoms with Crippen LogP contribution < -0.4 is 0 Å². The Morgan fingerprint density at radius 1 is 0.864 bits per heavy atom. The number of fused-ring (bicyclic) bond motifs is 3. The van der Waals surface area contributed by atoms with Gasteiger partial charge in [-0.15, -0.1) is 0 Å². The van der Waals surface area contributed by atoms with Crippen LogP contribution in [0.2, 0.25) is 0 Å². The quantitative estimate of drug-likeness (QED) is 0.791. The molecule has 0 unspecified atom stereocenters. The predicted octanol–water partition coefficient (Wildman–Crippen LogP) is 2.06. The Hall–Kier alpha value is -0.240. The first kappa shape index (κ1) is 16.6. The van der Waals surface area contributed by atoms with E-state index in [2.05, 4.69) is 13.8 Å². The summed E-state index contributed by atoms with van der Waals surface area (Å²) in [6.07, 6.45) is -1.35. The van der Waals surface area contributed by atoms with E-state index in [9.17, 15) is 0 Å². The van der Waals surface area contributed by atoms with Gasteiger partial charge in [0.2, 0.25) is 0 Å². The molecule has 5 atom stereocenters. The summed E-state index contributed by atoms with van der Waals surface area (Å²) in [6, 6.07) is 0. The molecule has 6 nitrogen and oxygen atoms in total. The molecule has 0 spiro atoms. The van der Waals surface area contributed by atoms with Gasteiger partial charge in [-0.2, -0.15) is 0 Å². The standard InChI is InChI=1S/C16H28O6/c1-9(2)7-17-8-10-11-12(20-15(3,4)19-11)13-14(18-10)22-16(5,6)21-13/h9-14H,7-8H2,1-6H3/t10-,11-,12-,13+,14+/m0/s1. The fourth-order valence-corrected chi connectivity index (χ4v) is 3.25. The van der Waals surface area contributed by atoms with E-state index in [-0.39, 0.29) is 24.4 Å². The third kappa shape index (κ3) is 3.32. The second-order valence-corrected chi connectivity index (χ2v) is 7.64. The molecule has 3 saturated heterocycles. The SMILES string of the molecule is CC(C)COC[C@@H]1O[C@@H]2OC(C)(C)O[C@@H]2[C@H]2OC(C)(C)O[C@H]21. The molecule has 3 aliphatic heterocycles. The zero-order valence-electron chi connectivity index (χ0n) is 14.3. The van der Waals surface area contributed by atoms with Gasteiger partial charge in [0.05, 0.1) is 6.61 Å². The summed E-state index contributed by atoms with van der Waals surface area (Å²) >= 11 is 0. The first-order chi connectivity index (χ1) is 10.2. The molecule has 0 aliphatic carbocycles. The normalized spacial score (nSPS) is 42.4. The second kappa shape index (κ2) is 5.69. The molecule has 128 valence electrons. The highest BCUT2D eigenvalue weighted by molar-refractivity contribution is 5.00. The van der Waals surface area contributed by atoms with Gasteiger partial charge in [-0.05, 0) is 33.6 Å². The second-order valence-electron chi connectivity index (χ2n) is 7.64. The minimum absolute atomic E-state index is 0.205. The highest BCUT2D eigenvalue weighted by Gasteiger charge is 2.60. The molecule has 22 heavy (non-hydrogen) atoms. The Kier molecular flexibility index (Phi) is 4.29. The van der Waals surface area contributed by atoms with Crippen molar-refractivity contribution in [2.75, 3.05) is 13.2 Å². The Balaban J connectivity index is 1.72. The van der Waals surface area contributed by atoms with Crippen LogP contribution in [0.1, 0.15) is 41.5 Å². The van der Waals surface area contributed by atoms with Crippen LogP contribution in [0.4, 0.5) is 0 Å². The van der Waals surface area contributed by atoms with Crippen molar-refractivity contribution in [3.05, 3.63) is 0 Å². The van der Waals surface area contributed by atoms with Crippen LogP contribution >= 0.6 is 0 Å². The maximum absolute atomic E-state index is 6.06. The van der Waals surface area contributed by atoms with Crippen molar-refractivity contribution >= 4 is 0 Å². The van der Waals surface area contributed by atoms with E-state index in [0.29, 0.717) is 19.1 Å². The molecule has 3 fully saturated rings. The Labute approximate surface area is 132 Å². The maximum Gasteiger partial charge on any atom is 0.190 e. The van der Waals surface area contributed by atoms with Gasteiger partial charge in [-0.1, -0.05) is 13.8 Å². The first-order valence-electron chi connectivity index (χ1n) is 8.11. The van der Waals surface area contributed by atoms with Gasteiger partial charge in [-0.25, -0.2) is 0 Å². The van der Waals surface area contributed by atoms with Crippen molar-refractivity contribution in [3.63, 3.8) is 0 Å². The first-order valence-corrected chi connectivity index (χ1v) is 8.11. The van der Waals surface area contributed by atoms with Crippen LogP contribution in [-0.4, -0.2) is 55.5 Å². The van der Waals surface area contributed by atoms with Crippen LogP contribution in [0.5, 0.6) is 0 Å². The van der Waals surface area contributed by atoms with E-state index < -0.39 is 17.9 Å². The number of rotatable bonds is 4. The Morgan fingerprint density at radius 3 is 2.14 bits per heavy atom. The lowest BCUT2D eigenvalue weighted by Gasteiger charge is -2.37. The minimum atomic E-state index is -0.677. The average molecular weight is 316 g/mol. The van der Waals surface area contributed by atoms with Crippen LogP contribution in [0.25, 0.3) is 0 Å². The Morgan fingerprint density at radius 2 is 1.45 bits per heavy atom. The van der Waals surface area contributed by atoms with Crippen molar-refractivity contribution in [2.24, 2.45) is 5.92 Å². The van der Waals surface area contributed by atoms with Crippen LogP contribution in [-0.2, 0) is 28.4 Å². The molecule has 3 rings (SSSR count). The van der Waals surface area contributed by atoms with Crippen LogP contribution in [0, 0.1) is 5.92 Å². The summed E-state index contributed by atoms with van der Waals surface area (Å²) in [5.74, 6) is -0.849. The summed E-state index contributed by atoms with van der Waals surface area (Å²) < 4.78 is 35.7. The molecule has 0 saturated carbocycles. The van der Waals surface area contributed by atoms with Crippen molar-refractivity contribution in [2.45, 2.75) is 83.8 Å². The third-order valence-electron chi connectivity index (χ3n) is 3.98. The summed E-state index contributed by atoms with van der Waals surface area (Å²) in [4.78, 5) is 0. The number of hydrogen-bond acceptors (Lipinski definition) is 6. The Bertz CT molecular complexity index is 407. The van der Waals surface area contributed by atoms with Crippen molar-refractivity contribution < 1.29 is 28.4 Å². The molecular weight excluding hydrogens is 288 g/mol. The van der Waals surface area contributed by atoms with E-state index in [1.165, 1.54) is 0 Å². The van der Waals surface area contributed by atoms with Gasteiger partial charge in [0.25, 0.3) is 0 Å². The van der Waals surface area contributed by atoms with Gasteiger partial charge in [0.15, 0.2) is 17.9 Å². The highest BCUT2D eigenvalue weighted by atomic mass is 16.9. The molecular formula is C16H28O6. The molecule has 3 aliphatic rings. The zero-order chi connectivity index (χ0) is 16.1. The van der Waals surface area contributed by atoms with Gasteiger partial charge < -0.3 is 28.4 Å². The lowest BCUT2D eigenvalue weighted by atomic mass is 9.99. The molecule has 0 N–H and O–H groups in total. The van der Waals surface area contributed by atoms with E-state index in [4.69, 9.17) is 28.4 Å². The predicted molar refractivity (Wildman–Crippen MR) is 78.2 cm³/mol. The minimum Gasteiger partial charge on any atom is -0.378 e. The van der Waals surface area contributed by atoms with E-state index >= 15 is 0 Å². The highest BCUT2D eigenvalue weighted by Crippen LogP contribution is 2.44. The molecule has 0 amide bonds. The number of ether oxygens (including phenoxy) is 6. The average Bonchev–Trinajstić information content (AvgIpc) is 2.83. The van der Waals surface area contributed by atoms with Crippen LogP contribution in [0.15, 0.2) is 0 Å². The van der Waals surface area contributed by atoms with Gasteiger partial charge >= 0.3 is 0 Å². The monoisotopic (exact) mass is 316 g/mol. The largest absolute Gasteiger partial charge is 0.378 e. The van der Waals surface area contributed by atoms with Crippen LogP contribution in [0.3, 0.4) is 0 Å². The molecule has 0 bridgehead atoms. The van der Waals surface area contributed by atoms with Crippen molar-refractivity contribution in [1.82, 2.24) is 0 Å². The van der Waals surface area contributed by atoms with Gasteiger partial charge in [0, 0.05) is 6.61 Å². The summed E-state index contributed by atoms with van der Waals surface area (Å²) in [5, 5.41) is 0. The smallest absolute Gasteiger partial charge is 0.190 e. The fraction of sp³-hybridized carbons (Fsp3) is 1.00. The lowest BCUT2D eigenvalue weighted by Crippen LogP contribution is -2.56. The molecule has 0 aromatic carbocycles. The lowest BCUT2D eigenvalue weighted by molar-refractivity contribution is -0.243. The zero-order valence-corrected chi connectivity index (χ0v) is 14.3. The van der Waals surface area contributed by atoms with E-state index in [1.807, 2.05) is 27.7 Å². The third-order valence-corrected chi connectivity index (χ3v) is 3.98. The van der Waals surface area contributed by atoms with Crippen molar-refractivity contribution in [3.8, 4) is 0 Å². The molecule has 3 heterocycles. The summed E-state index contributed by atoms with van der Waals surface area (Å²) in [6.45, 7) is 13.0. The van der Waals surface area contributed by atoms with Crippen molar-refractivity contribution in [1.29, 1.82) is 0 Å². The molecule has 0 aromatic rings. The topological polar surface area (TPSA) is 55.4 Å². The fourth-order valence-electron chi connectivity index (χ4n) is 3.25. The molecule has 6 heteroatoms. The molecule has 0 aromatic heterocycles. The summed E-state index contributed by atoms with van der Waals surface area (Å²) in [7, 11) is 0. The van der Waals surface area contributed by atoms with Gasteiger partial charge in [0.1, 0.15) is 24.4 Å². The van der Waals surface area contributed by atoms with E-state index in [0.717, 1.165) is 0 Å². The maximum atomic E-state index is 6.06.